The molecule has 1 aromatic heterocycles. The normalized spacial score (nSPS) is 21.4. The van der Waals surface area contributed by atoms with Crippen molar-refractivity contribution in [2.24, 2.45) is 0 Å². The molecule has 1 aliphatic rings. The lowest BCUT2D eigenvalue weighted by atomic mass is 10.2. The van der Waals surface area contributed by atoms with Gasteiger partial charge in [0.1, 0.15) is 5.01 Å². The highest BCUT2D eigenvalue weighted by atomic mass is 32.2. The van der Waals surface area contributed by atoms with Crippen molar-refractivity contribution in [2.75, 3.05) is 11.5 Å². The molecule has 0 aromatic carbocycles. The monoisotopic (exact) mass is 242 g/mol. The summed E-state index contributed by atoms with van der Waals surface area (Å²) in [6.45, 7) is 5.34. The van der Waals surface area contributed by atoms with E-state index < -0.39 is 0 Å². The molecule has 2 rings (SSSR count). The van der Waals surface area contributed by atoms with Crippen molar-refractivity contribution in [3.8, 4) is 0 Å². The predicted molar refractivity (Wildman–Crippen MR) is 68.8 cm³/mol. The molecule has 0 radical (unpaired) electrons. The third-order valence-corrected chi connectivity index (χ3v) is 4.66. The zero-order valence-electron chi connectivity index (χ0n) is 9.32. The van der Waals surface area contributed by atoms with Crippen molar-refractivity contribution in [1.29, 1.82) is 0 Å². The molecule has 1 unspecified atom stereocenters. The third-order valence-electron chi connectivity index (χ3n) is 2.63. The molecule has 2 nitrogen and oxygen atoms in total. The van der Waals surface area contributed by atoms with Gasteiger partial charge in [-0.05, 0) is 18.1 Å². The van der Waals surface area contributed by atoms with Gasteiger partial charge in [-0.1, -0.05) is 13.8 Å². The molecule has 0 amide bonds. The summed E-state index contributed by atoms with van der Waals surface area (Å²) < 4.78 is 0. The number of hydrogen-bond acceptors (Lipinski definition) is 4. The number of rotatable bonds is 4. The molecule has 0 spiro atoms. The molecule has 4 heteroatoms. The first-order valence-corrected chi connectivity index (χ1v) is 7.54. The lowest BCUT2D eigenvalue weighted by Gasteiger charge is -2.08. The summed E-state index contributed by atoms with van der Waals surface area (Å²) in [5.74, 6) is 3.13. The van der Waals surface area contributed by atoms with Gasteiger partial charge < -0.3 is 5.32 Å². The van der Waals surface area contributed by atoms with Gasteiger partial charge in [0, 0.05) is 23.7 Å². The molecule has 1 aliphatic heterocycles. The van der Waals surface area contributed by atoms with Gasteiger partial charge in [0.25, 0.3) is 0 Å². The van der Waals surface area contributed by atoms with Crippen LogP contribution in [-0.2, 0) is 6.54 Å². The first-order chi connectivity index (χ1) is 7.25. The fourth-order valence-corrected chi connectivity index (χ4v) is 3.69. The smallest absolute Gasteiger partial charge is 0.107 e. The van der Waals surface area contributed by atoms with Gasteiger partial charge in [0.15, 0.2) is 0 Å². The standard InChI is InChI=1S/C11H18N2S2/c1-8(2)10-7-15-11(13-10)5-12-9-3-4-14-6-9/h7-9,12H,3-6H2,1-2H3. The van der Waals surface area contributed by atoms with E-state index in [0.717, 1.165) is 6.54 Å². The van der Waals surface area contributed by atoms with Gasteiger partial charge in [-0.15, -0.1) is 11.3 Å². The van der Waals surface area contributed by atoms with Crippen LogP contribution in [-0.4, -0.2) is 22.5 Å². The fourth-order valence-electron chi connectivity index (χ4n) is 1.60. The van der Waals surface area contributed by atoms with E-state index in [1.807, 2.05) is 11.8 Å². The Hall–Kier alpha value is -0.0600. The lowest BCUT2D eigenvalue weighted by Crippen LogP contribution is -2.27. The van der Waals surface area contributed by atoms with Crippen molar-refractivity contribution in [3.63, 3.8) is 0 Å². The highest BCUT2D eigenvalue weighted by molar-refractivity contribution is 7.99. The Morgan fingerprint density at radius 1 is 1.60 bits per heavy atom. The molecule has 2 heterocycles. The summed E-state index contributed by atoms with van der Waals surface area (Å²) in [6.07, 6.45) is 1.31. The summed E-state index contributed by atoms with van der Waals surface area (Å²) in [4.78, 5) is 4.62. The summed E-state index contributed by atoms with van der Waals surface area (Å²) in [7, 11) is 0. The van der Waals surface area contributed by atoms with Crippen LogP contribution in [0.2, 0.25) is 0 Å². The van der Waals surface area contributed by atoms with E-state index in [4.69, 9.17) is 0 Å². The fraction of sp³-hybridized carbons (Fsp3) is 0.727. The van der Waals surface area contributed by atoms with Crippen molar-refractivity contribution in [1.82, 2.24) is 10.3 Å². The molecule has 15 heavy (non-hydrogen) atoms. The van der Waals surface area contributed by atoms with Crippen LogP contribution in [0.1, 0.15) is 36.9 Å². The van der Waals surface area contributed by atoms with E-state index in [1.165, 1.54) is 28.6 Å². The van der Waals surface area contributed by atoms with Gasteiger partial charge in [0.2, 0.25) is 0 Å². The van der Waals surface area contributed by atoms with E-state index in [2.05, 4.69) is 29.5 Å². The number of thiazole rings is 1. The van der Waals surface area contributed by atoms with Crippen LogP contribution in [0.3, 0.4) is 0 Å². The second-order valence-corrected chi connectivity index (χ2v) is 6.35. The van der Waals surface area contributed by atoms with Crippen LogP contribution in [0.15, 0.2) is 5.38 Å². The van der Waals surface area contributed by atoms with Crippen molar-refractivity contribution in [2.45, 2.75) is 38.8 Å². The lowest BCUT2D eigenvalue weighted by molar-refractivity contribution is 0.555. The Balaban J connectivity index is 1.82. The van der Waals surface area contributed by atoms with E-state index in [1.54, 1.807) is 11.3 Å². The topological polar surface area (TPSA) is 24.9 Å². The molecule has 1 atom stereocenters. The third kappa shape index (κ3) is 3.20. The Kier molecular flexibility index (Phi) is 4.05. The zero-order chi connectivity index (χ0) is 10.7. The minimum atomic E-state index is 0.553. The van der Waals surface area contributed by atoms with Gasteiger partial charge >= 0.3 is 0 Å². The van der Waals surface area contributed by atoms with Crippen LogP contribution in [0.25, 0.3) is 0 Å². The summed E-state index contributed by atoms with van der Waals surface area (Å²) >= 11 is 3.83. The number of thioether (sulfide) groups is 1. The Bertz CT molecular complexity index is 303. The van der Waals surface area contributed by atoms with Gasteiger partial charge in [0.05, 0.1) is 5.69 Å². The molecule has 0 aliphatic carbocycles. The van der Waals surface area contributed by atoms with Gasteiger partial charge in [-0.25, -0.2) is 4.98 Å². The molecule has 0 bridgehead atoms. The highest BCUT2D eigenvalue weighted by Crippen LogP contribution is 2.20. The van der Waals surface area contributed by atoms with Crippen LogP contribution >= 0.6 is 23.1 Å². The van der Waals surface area contributed by atoms with Gasteiger partial charge in [-0.3, -0.25) is 0 Å². The highest BCUT2D eigenvalue weighted by Gasteiger charge is 2.15. The maximum Gasteiger partial charge on any atom is 0.107 e. The average Bonchev–Trinajstić information content (AvgIpc) is 2.86. The van der Waals surface area contributed by atoms with Crippen molar-refractivity contribution in [3.05, 3.63) is 16.1 Å². The Morgan fingerprint density at radius 2 is 2.47 bits per heavy atom. The maximum atomic E-state index is 4.62. The van der Waals surface area contributed by atoms with E-state index in [0.29, 0.717) is 12.0 Å². The zero-order valence-corrected chi connectivity index (χ0v) is 11.0. The number of aromatic nitrogens is 1. The number of hydrogen-bond donors (Lipinski definition) is 1. The van der Waals surface area contributed by atoms with Crippen LogP contribution < -0.4 is 5.32 Å². The molecule has 1 saturated heterocycles. The second-order valence-electron chi connectivity index (χ2n) is 4.26. The summed E-state index contributed by atoms with van der Waals surface area (Å²) in [5, 5.41) is 6.99. The molecular formula is C11H18N2S2. The van der Waals surface area contributed by atoms with Crippen LogP contribution in [0.4, 0.5) is 0 Å². The first-order valence-electron chi connectivity index (χ1n) is 5.51. The quantitative estimate of drug-likeness (QED) is 0.879. The molecule has 1 aromatic rings. The van der Waals surface area contributed by atoms with Crippen LogP contribution in [0, 0.1) is 0 Å². The summed E-state index contributed by atoms with van der Waals surface area (Å²) in [5.41, 5.74) is 1.23. The predicted octanol–water partition coefficient (Wildman–Crippen LogP) is 2.86. The molecule has 1 fully saturated rings. The molecule has 1 N–H and O–H groups in total. The minimum Gasteiger partial charge on any atom is -0.307 e. The van der Waals surface area contributed by atoms with E-state index >= 15 is 0 Å². The minimum absolute atomic E-state index is 0.553. The molecular weight excluding hydrogens is 224 g/mol. The molecule has 84 valence electrons. The largest absolute Gasteiger partial charge is 0.307 e. The van der Waals surface area contributed by atoms with Gasteiger partial charge in [-0.2, -0.15) is 11.8 Å². The first kappa shape index (κ1) is 11.4. The number of nitrogens with zero attached hydrogens (tertiary/aromatic N) is 1. The van der Waals surface area contributed by atoms with Crippen LogP contribution in [0.5, 0.6) is 0 Å². The van der Waals surface area contributed by atoms with E-state index in [9.17, 15) is 0 Å². The molecule has 0 saturated carbocycles. The Morgan fingerprint density at radius 3 is 3.07 bits per heavy atom. The summed E-state index contributed by atoms with van der Waals surface area (Å²) in [6, 6.07) is 0.710. The maximum absolute atomic E-state index is 4.62. The SMILES string of the molecule is CC(C)c1csc(CNC2CCSC2)n1. The van der Waals surface area contributed by atoms with Crippen molar-refractivity contribution >= 4 is 23.1 Å². The van der Waals surface area contributed by atoms with E-state index in [-0.39, 0.29) is 0 Å². The Labute approximate surface area is 99.9 Å². The average molecular weight is 242 g/mol. The van der Waals surface area contributed by atoms with Crippen molar-refractivity contribution < 1.29 is 0 Å². The number of nitrogens with one attached hydrogen (secondary N) is 1. The second kappa shape index (κ2) is 5.32.